The summed E-state index contributed by atoms with van der Waals surface area (Å²) in [5.41, 5.74) is 2.49. The topological polar surface area (TPSA) is 72.7 Å². The Morgan fingerprint density at radius 3 is 3.00 bits per heavy atom. The SMILES string of the molecule is CN=C(NCCCOC1CCOC1)NCc1cccc(Cn2ccnc2C)c1. The third-order valence-electron chi connectivity index (χ3n) is 4.81. The molecule has 1 unspecified atom stereocenters. The highest BCUT2D eigenvalue weighted by Gasteiger charge is 2.15. The van der Waals surface area contributed by atoms with Crippen LogP contribution in [0.15, 0.2) is 41.7 Å². The summed E-state index contributed by atoms with van der Waals surface area (Å²) in [4.78, 5) is 8.58. The number of aliphatic imine (C=N–C) groups is 1. The van der Waals surface area contributed by atoms with E-state index in [1.165, 1.54) is 11.1 Å². The van der Waals surface area contributed by atoms with Crippen LogP contribution in [0.3, 0.4) is 0 Å². The Morgan fingerprint density at radius 2 is 2.25 bits per heavy atom. The molecule has 1 aromatic carbocycles. The van der Waals surface area contributed by atoms with Gasteiger partial charge in [-0.15, -0.1) is 0 Å². The molecular formula is C21H31N5O2. The van der Waals surface area contributed by atoms with E-state index in [-0.39, 0.29) is 6.10 Å². The van der Waals surface area contributed by atoms with Gasteiger partial charge in [0, 0.05) is 52.3 Å². The molecule has 2 N–H and O–H groups in total. The van der Waals surface area contributed by atoms with E-state index in [0.717, 1.165) is 64.1 Å². The molecule has 1 atom stereocenters. The van der Waals surface area contributed by atoms with Gasteiger partial charge in [0.05, 0.1) is 12.7 Å². The summed E-state index contributed by atoms with van der Waals surface area (Å²) in [5.74, 6) is 1.83. The minimum atomic E-state index is 0.274. The second-order valence-corrected chi connectivity index (χ2v) is 6.98. The molecule has 3 rings (SSSR count). The van der Waals surface area contributed by atoms with Crippen molar-refractivity contribution in [2.75, 3.05) is 33.4 Å². The highest BCUT2D eigenvalue weighted by molar-refractivity contribution is 5.79. The number of aryl methyl sites for hydroxylation is 1. The minimum absolute atomic E-state index is 0.274. The highest BCUT2D eigenvalue weighted by Crippen LogP contribution is 2.09. The maximum atomic E-state index is 5.78. The molecule has 2 aromatic rings. The first-order valence-electron chi connectivity index (χ1n) is 9.94. The van der Waals surface area contributed by atoms with E-state index in [4.69, 9.17) is 9.47 Å². The predicted octanol–water partition coefficient (Wildman–Crippen LogP) is 2.10. The fourth-order valence-electron chi connectivity index (χ4n) is 3.19. The molecule has 0 amide bonds. The molecule has 0 radical (unpaired) electrons. The fourth-order valence-corrected chi connectivity index (χ4v) is 3.19. The largest absolute Gasteiger partial charge is 0.379 e. The predicted molar refractivity (Wildman–Crippen MR) is 111 cm³/mol. The first kappa shape index (κ1) is 20.4. The zero-order valence-corrected chi connectivity index (χ0v) is 16.9. The van der Waals surface area contributed by atoms with Crippen molar-refractivity contribution < 1.29 is 9.47 Å². The third-order valence-corrected chi connectivity index (χ3v) is 4.81. The van der Waals surface area contributed by atoms with Crippen LogP contribution < -0.4 is 10.6 Å². The average molecular weight is 386 g/mol. The lowest BCUT2D eigenvalue weighted by atomic mass is 10.1. The van der Waals surface area contributed by atoms with Crippen LogP contribution in [0.4, 0.5) is 0 Å². The quantitative estimate of drug-likeness (QED) is 0.393. The summed E-state index contributed by atoms with van der Waals surface area (Å²) in [6.07, 6.45) is 6.07. The molecule has 0 bridgehead atoms. The number of nitrogens with one attached hydrogen (secondary N) is 2. The Labute approximate surface area is 167 Å². The maximum Gasteiger partial charge on any atom is 0.191 e. The van der Waals surface area contributed by atoms with Crippen LogP contribution in [0.2, 0.25) is 0 Å². The lowest BCUT2D eigenvalue weighted by Gasteiger charge is -2.14. The van der Waals surface area contributed by atoms with E-state index in [1.54, 1.807) is 7.05 Å². The van der Waals surface area contributed by atoms with E-state index < -0.39 is 0 Å². The van der Waals surface area contributed by atoms with Crippen molar-refractivity contribution >= 4 is 5.96 Å². The normalized spacial score (nSPS) is 17.1. The zero-order chi connectivity index (χ0) is 19.6. The molecule has 7 nitrogen and oxygen atoms in total. The Bertz CT molecular complexity index is 753. The van der Waals surface area contributed by atoms with E-state index in [2.05, 4.69) is 49.4 Å². The molecule has 2 heterocycles. The Balaban J connectivity index is 1.38. The molecule has 0 spiro atoms. The summed E-state index contributed by atoms with van der Waals surface area (Å²) < 4.78 is 13.2. The molecule has 0 aliphatic carbocycles. The van der Waals surface area contributed by atoms with Crippen molar-refractivity contribution in [3.8, 4) is 0 Å². The molecule has 1 aliphatic rings. The van der Waals surface area contributed by atoms with Gasteiger partial charge in [-0.05, 0) is 30.9 Å². The van der Waals surface area contributed by atoms with Crippen molar-refractivity contribution in [3.63, 3.8) is 0 Å². The second-order valence-electron chi connectivity index (χ2n) is 6.98. The average Bonchev–Trinajstić information content (AvgIpc) is 3.36. The van der Waals surface area contributed by atoms with Crippen LogP contribution in [0, 0.1) is 6.92 Å². The standard InChI is InChI=1S/C21H31N5O2/c1-17-23-9-10-26(17)15-19-6-3-5-18(13-19)14-25-21(22-2)24-8-4-11-28-20-7-12-27-16-20/h3,5-6,9-10,13,20H,4,7-8,11-12,14-16H2,1-2H3,(H2,22,24,25). The molecular weight excluding hydrogens is 354 g/mol. The van der Waals surface area contributed by atoms with Gasteiger partial charge in [-0.3, -0.25) is 4.99 Å². The molecule has 0 saturated carbocycles. The molecule has 7 heteroatoms. The van der Waals surface area contributed by atoms with Gasteiger partial charge in [-0.25, -0.2) is 4.98 Å². The second kappa shape index (κ2) is 10.8. The number of guanidine groups is 1. The van der Waals surface area contributed by atoms with Crippen LogP contribution in [0.1, 0.15) is 29.8 Å². The monoisotopic (exact) mass is 385 g/mol. The van der Waals surface area contributed by atoms with E-state index in [0.29, 0.717) is 0 Å². The van der Waals surface area contributed by atoms with Gasteiger partial charge in [0.1, 0.15) is 5.82 Å². The Morgan fingerprint density at radius 1 is 1.36 bits per heavy atom. The minimum Gasteiger partial charge on any atom is -0.379 e. The smallest absolute Gasteiger partial charge is 0.191 e. The summed E-state index contributed by atoms with van der Waals surface area (Å²) >= 11 is 0. The molecule has 28 heavy (non-hydrogen) atoms. The van der Waals surface area contributed by atoms with E-state index >= 15 is 0 Å². The van der Waals surface area contributed by atoms with Gasteiger partial charge in [-0.2, -0.15) is 0 Å². The van der Waals surface area contributed by atoms with Gasteiger partial charge in [0.25, 0.3) is 0 Å². The van der Waals surface area contributed by atoms with Crippen molar-refractivity contribution in [2.24, 2.45) is 4.99 Å². The van der Waals surface area contributed by atoms with Gasteiger partial charge in [0.2, 0.25) is 0 Å². The summed E-state index contributed by atoms with van der Waals surface area (Å²) in [6.45, 7) is 6.71. The van der Waals surface area contributed by atoms with Gasteiger partial charge < -0.3 is 24.7 Å². The summed E-state index contributed by atoms with van der Waals surface area (Å²) in [5, 5.41) is 6.71. The van der Waals surface area contributed by atoms with Crippen molar-refractivity contribution in [3.05, 3.63) is 53.6 Å². The molecule has 152 valence electrons. The van der Waals surface area contributed by atoms with Crippen molar-refractivity contribution in [2.45, 2.75) is 39.0 Å². The third kappa shape index (κ3) is 6.35. The van der Waals surface area contributed by atoms with Gasteiger partial charge in [-0.1, -0.05) is 24.3 Å². The zero-order valence-electron chi connectivity index (χ0n) is 16.9. The number of benzene rings is 1. The fraction of sp³-hybridized carbons (Fsp3) is 0.524. The first-order chi connectivity index (χ1) is 13.7. The number of imidazole rings is 1. The maximum absolute atomic E-state index is 5.78. The molecule has 1 fully saturated rings. The van der Waals surface area contributed by atoms with Crippen LogP contribution >= 0.6 is 0 Å². The lowest BCUT2D eigenvalue weighted by molar-refractivity contribution is 0.0420. The molecule has 1 saturated heterocycles. The number of rotatable bonds is 9. The molecule has 1 aromatic heterocycles. The van der Waals surface area contributed by atoms with Crippen molar-refractivity contribution in [1.82, 2.24) is 20.2 Å². The summed E-state index contributed by atoms with van der Waals surface area (Å²) in [6, 6.07) is 8.59. The Kier molecular flexibility index (Phi) is 7.87. The number of ether oxygens (including phenoxy) is 2. The van der Waals surface area contributed by atoms with Crippen LogP contribution in [0.25, 0.3) is 0 Å². The van der Waals surface area contributed by atoms with Crippen LogP contribution in [0.5, 0.6) is 0 Å². The highest BCUT2D eigenvalue weighted by atomic mass is 16.5. The lowest BCUT2D eigenvalue weighted by Crippen LogP contribution is -2.37. The number of aromatic nitrogens is 2. The number of hydrogen-bond acceptors (Lipinski definition) is 4. The summed E-state index contributed by atoms with van der Waals surface area (Å²) in [7, 11) is 1.79. The number of nitrogens with zero attached hydrogens (tertiary/aromatic N) is 3. The van der Waals surface area contributed by atoms with E-state index in [9.17, 15) is 0 Å². The first-order valence-corrected chi connectivity index (χ1v) is 9.94. The van der Waals surface area contributed by atoms with Gasteiger partial charge >= 0.3 is 0 Å². The van der Waals surface area contributed by atoms with Crippen LogP contribution in [-0.4, -0.2) is 55.0 Å². The van der Waals surface area contributed by atoms with Crippen LogP contribution in [-0.2, 0) is 22.6 Å². The number of hydrogen-bond donors (Lipinski definition) is 2. The van der Waals surface area contributed by atoms with Gasteiger partial charge in [0.15, 0.2) is 5.96 Å². The Hall–Kier alpha value is -2.38. The van der Waals surface area contributed by atoms with Crippen molar-refractivity contribution in [1.29, 1.82) is 0 Å². The molecule has 1 aliphatic heterocycles. The van der Waals surface area contributed by atoms with E-state index in [1.807, 2.05) is 19.3 Å².